The van der Waals surface area contributed by atoms with Crippen molar-refractivity contribution in [3.05, 3.63) is 34.9 Å². The van der Waals surface area contributed by atoms with Gasteiger partial charge in [-0.1, -0.05) is 6.07 Å². The van der Waals surface area contributed by atoms with Gasteiger partial charge in [-0.3, -0.25) is 0 Å². The van der Waals surface area contributed by atoms with Crippen LogP contribution in [0.5, 0.6) is 0 Å². The molecule has 2 atom stereocenters. The van der Waals surface area contributed by atoms with Gasteiger partial charge < -0.3 is 15.3 Å². The molecule has 6 nitrogen and oxygen atoms in total. The Hall–Kier alpha value is -1.47. The number of carboxylic acid groups (broad SMARTS) is 1. The van der Waals surface area contributed by atoms with Crippen molar-refractivity contribution in [1.82, 2.24) is 10.9 Å². The molecule has 0 spiro atoms. The summed E-state index contributed by atoms with van der Waals surface area (Å²) in [6, 6.07) is 4.18. The molecule has 0 aliphatic carbocycles. The Morgan fingerprint density at radius 2 is 1.73 bits per heavy atom. The van der Waals surface area contributed by atoms with E-state index in [4.69, 9.17) is 5.11 Å². The lowest BCUT2D eigenvalue weighted by Gasteiger charge is -2.27. The van der Waals surface area contributed by atoms with Gasteiger partial charge in [0.25, 0.3) is 0 Å². The zero-order valence-electron chi connectivity index (χ0n) is 7.64. The third-order valence-electron chi connectivity index (χ3n) is 2.28. The van der Waals surface area contributed by atoms with Crippen LogP contribution in [0.2, 0.25) is 0 Å². The summed E-state index contributed by atoms with van der Waals surface area (Å²) in [5.74, 6) is -1.07. The first-order valence-corrected chi connectivity index (χ1v) is 4.34. The molecule has 0 bridgehead atoms. The minimum absolute atomic E-state index is 0.0729. The minimum Gasteiger partial charge on any atom is -0.478 e. The second-order valence-corrected chi connectivity index (χ2v) is 3.24. The lowest BCUT2D eigenvalue weighted by atomic mass is 10.0. The number of fused-ring (bicyclic) bond motifs is 1. The van der Waals surface area contributed by atoms with Crippen LogP contribution in [0.3, 0.4) is 0 Å². The Morgan fingerprint density at radius 1 is 1.13 bits per heavy atom. The van der Waals surface area contributed by atoms with Crippen LogP contribution < -0.4 is 10.9 Å². The van der Waals surface area contributed by atoms with Crippen molar-refractivity contribution in [2.75, 3.05) is 0 Å². The van der Waals surface area contributed by atoms with Gasteiger partial charge >= 0.3 is 5.97 Å². The Labute approximate surface area is 85.1 Å². The van der Waals surface area contributed by atoms with E-state index in [1.807, 2.05) is 0 Å². The first-order chi connectivity index (χ1) is 7.09. The lowest BCUT2D eigenvalue weighted by molar-refractivity contribution is 0.0329. The summed E-state index contributed by atoms with van der Waals surface area (Å²) in [4.78, 5) is 10.7. The molecule has 0 saturated heterocycles. The highest BCUT2D eigenvalue weighted by molar-refractivity contribution is 5.88. The fourth-order valence-corrected chi connectivity index (χ4v) is 1.51. The first kappa shape index (κ1) is 10.1. The van der Waals surface area contributed by atoms with Crippen molar-refractivity contribution >= 4 is 5.97 Å². The molecule has 5 N–H and O–H groups in total. The molecule has 0 amide bonds. The van der Waals surface area contributed by atoms with Gasteiger partial charge in [-0.2, -0.15) is 0 Å². The normalized spacial score (nSPS) is 24.7. The van der Waals surface area contributed by atoms with Crippen LogP contribution in [0.15, 0.2) is 18.2 Å². The smallest absolute Gasteiger partial charge is 0.335 e. The van der Waals surface area contributed by atoms with Gasteiger partial charge in [0.05, 0.1) is 5.56 Å². The summed E-state index contributed by atoms with van der Waals surface area (Å²) in [6.07, 6.45) is -1.98. The average Bonchev–Trinajstić information content (AvgIpc) is 2.23. The summed E-state index contributed by atoms with van der Waals surface area (Å²) >= 11 is 0. The summed E-state index contributed by atoms with van der Waals surface area (Å²) in [5, 5.41) is 27.7. The van der Waals surface area contributed by atoms with Crippen LogP contribution in [0, 0.1) is 0 Å². The number of nitrogens with one attached hydrogen (secondary N) is 2. The van der Waals surface area contributed by atoms with Crippen LogP contribution in [0.4, 0.5) is 0 Å². The summed E-state index contributed by atoms with van der Waals surface area (Å²) in [5.41, 5.74) is 5.76. The maximum atomic E-state index is 10.7. The number of hydrazine groups is 1. The monoisotopic (exact) mass is 210 g/mol. The highest BCUT2D eigenvalue weighted by Gasteiger charge is 2.24. The fourth-order valence-electron chi connectivity index (χ4n) is 1.51. The van der Waals surface area contributed by atoms with Crippen molar-refractivity contribution < 1.29 is 20.1 Å². The van der Waals surface area contributed by atoms with E-state index < -0.39 is 18.4 Å². The van der Waals surface area contributed by atoms with Crippen molar-refractivity contribution in [2.45, 2.75) is 12.5 Å². The number of benzene rings is 1. The number of hydrogen-bond donors (Lipinski definition) is 5. The molecular formula is C9H10N2O4. The molecular weight excluding hydrogens is 200 g/mol. The number of aliphatic hydroxyl groups excluding tert-OH is 2. The topological polar surface area (TPSA) is 102 Å². The van der Waals surface area contributed by atoms with E-state index in [1.54, 1.807) is 0 Å². The summed E-state index contributed by atoms with van der Waals surface area (Å²) < 4.78 is 0. The number of aromatic carboxylic acids is 1. The number of hydrogen-bond acceptors (Lipinski definition) is 5. The first-order valence-electron chi connectivity index (χ1n) is 4.34. The molecule has 2 rings (SSSR count). The van der Waals surface area contributed by atoms with Crippen LogP contribution in [-0.2, 0) is 0 Å². The lowest BCUT2D eigenvalue weighted by Crippen LogP contribution is -2.43. The molecule has 1 heterocycles. The van der Waals surface area contributed by atoms with Gasteiger partial charge in [-0.05, 0) is 12.1 Å². The Morgan fingerprint density at radius 3 is 2.33 bits per heavy atom. The van der Waals surface area contributed by atoms with E-state index >= 15 is 0 Å². The van der Waals surface area contributed by atoms with Crippen LogP contribution in [-0.4, -0.2) is 21.3 Å². The van der Waals surface area contributed by atoms with E-state index in [1.165, 1.54) is 18.2 Å². The standard InChI is InChI=1S/C9H10N2O4/c12-7-5-2-1-4(9(14)15)3-6(5)8(13)11-10-7/h1-3,7-8,10-13H,(H,14,15). The third kappa shape index (κ3) is 1.71. The summed E-state index contributed by atoms with van der Waals surface area (Å²) in [7, 11) is 0. The van der Waals surface area contributed by atoms with Crippen molar-refractivity contribution in [1.29, 1.82) is 0 Å². The van der Waals surface area contributed by atoms with E-state index in [0.29, 0.717) is 11.1 Å². The van der Waals surface area contributed by atoms with Gasteiger partial charge in [-0.25, -0.2) is 15.6 Å². The van der Waals surface area contributed by atoms with Crippen LogP contribution in [0.1, 0.15) is 33.9 Å². The molecule has 1 aliphatic heterocycles. The minimum atomic E-state index is -1.07. The molecule has 0 fully saturated rings. The largest absolute Gasteiger partial charge is 0.478 e. The van der Waals surface area contributed by atoms with E-state index in [2.05, 4.69) is 10.9 Å². The van der Waals surface area contributed by atoms with Crippen LogP contribution in [0.25, 0.3) is 0 Å². The summed E-state index contributed by atoms with van der Waals surface area (Å²) in [6.45, 7) is 0. The van der Waals surface area contributed by atoms with Gasteiger partial charge in [0.1, 0.15) is 12.5 Å². The highest BCUT2D eigenvalue weighted by Crippen LogP contribution is 2.25. The molecule has 80 valence electrons. The zero-order chi connectivity index (χ0) is 11.0. The Balaban J connectivity index is 2.49. The number of carbonyl (C=O) groups is 1. The van der Waals surface area contributed by atoms with Gasteiger partial charge in [0.15, 0.2) is 0 Å². The average molecular weight is 210 g/mol. The SMILES string of the molecule is O=C(O)c1ccc2c(c1)C(O)NNC2O. The van der Waals surface area contributed by atoms with E-state index in [-0.39, 0.29) is 5.56 Å². The second kappa shape index (κ2) is 3.59. The quantitative estimate of drug-likeness (QED) is 0.427. The number of aliphatic hydroxyl groups is 2. The maximum Gasteiger partial charge on any atom is 0.335 e. The highest BCUT2D eigenvalue weighted by atomic mass is 16.4. The van der Waals surface area contributed by atoms with Gasteiger partial charge in [-0.15, -0.1) is 0 Å². The molecule has 2 unspecified atom stereocenters. The molecule has 6 heteroatoms. The van der Waals surface area contributed by atoms with Gasteiger partial charge in [0, 0.05) is 11.1 Å². The predicted molar refractivity (Wildman–Crippen MR) is 49.6 cm³/mol. The fraction of sp³-hybridized carbons (Fsp3) is 0.222. The molecule has 1 aromatic carbocycles. The van der Waals surface area contributed by atoms with E-state index in [0.717, 1.165) is 0 Å². The van der Waals surface area contributed by atoms with E-state index in [9.17, 15) is 15.0 Å². The molecule has 15 heavy (non-hydrogen) atoms. The van der Waals surface area contributed by atoms with Crippen molar-refractivity contribution in [3.8, 4) is 0 Å². The molecule has 0 saturated carbocycles. The number of carboxylic acids is 1. The maximum absolute atomic E-state index is 10.7. The second-order valence-electron chi connectivity index (χ2n) is 3.24. The molecule has 1 aromatic rings. The Bertz CT molecular complexity index is 407. The molecule has 0 radical (unpaired) electrons. The number of rotatable bonds is 1. The van der Waals surface area contributed by atoms with Gasteiger partial charge in [0.2, 0.25) is 0 Å². The van der Waals surface area contributed by atoms with Crippen LogP contribution >= 0.6 is 0 Å². The van der Waals surface area contributed by atoms with Crippen molar-refractivity contribution in [3.63, 3.8) is 0 Å². The van der Waals surface area contributed by atoms with Crippen molar-refractivity contribution in [2.24, 2.45) is 0 Å². The predicted octanol–water partition coefficient (Wildman–Crippen LogP) is -0.526. The molecule has 1 aliphatic rings. The zero-order valence-corrected chi connectivity index (χ0v) is 7.64. The third-order valence-corrected chi connectivity index (χ3v) is 2.28. The molecule has 0 aromatic heterocycles. The Kier molecular flexibility index (Phi) is 2.41.